The molecule has 3 N–H and O–H groups in total. The summed E-state index contributed by atoms with van der Waals surface area (Å²) in [6.07, 6.45) is 0.594. The summed E-state index contributed by atoms with van der Waals surface area (Å²) in [5.74, 6) is -0.485. The van der Waals surface area contributed by atoms with Gasteiger partial charge in [0, 0.05) is 36.4 Å². The molecule has 2 aromatic heterocycles. The fraction of sp³-hybridized carbons (Fsp3) is 0.176. The van der Waals surface area contributed by atoms with E-state index in [0.717, 1.165) is 16.3 Å². The van der Waals surface area contributed by atoms with Gasteiger partial charge in [-0.3, -0.25) is 9.59 Å². The summed E-state index contributed by atoms with van der Waals surface area (Å²) >= 11 is 0. The maximum atomic E-state index is 12.4. The topological polar surface area (TPSA) is 137 Å². The standard InChI is InChI=1S/C17H16N6O4/c1-23(22-27)17(26)19-7-6-18-16(25)13-8-11-10-4-2-3-5-12(10)21-15(11)14(9-24)20-13/h2-5,8-9,21H,6-7H2,1H3,(H,18,25)(H,19,26). The van der Waals surface area contributed by atoms with Crippen LogP contribution >= 0.6 is 0 Å². The van der Waals surface area contributed by atoms with Crippen LogP contribution in [0.25, 0.3) is 21.8 Å². The second kappa shape index (κ2) is 7.60. The number of hydrogen-bond donors (Lipinski definition) is 3. The maximum absolute atomic E-state index is 12.4. The normalized spacial score (nSPS) is 10.6. The highest BCUT2D eigenvalue weighted by Crippen LogP contribution is 2.27. The largest absolute Gasteiger partial charge is 0.353 e. The van der Waals surface area contributed by atoms with Crippen LogP contribution in [0, 0.1) is 4.91 Å². The number of pyridine rings is 1. The van der Waals surface area contributed by atoms with Crippen LogP contribution in [0.4, 0.5) is 4.79 Å². The number of carbonyl (C=O) groups is 3. The van der Waals surface area contributed by atoms with Gasteiger partial charge in [0.2, 0.25) is 0 Å². The lowest BCUT2D eigenvalue weighted by atomic mass is 10.1. The summed E-state index contributed by atoms with van der Waals surface area (Å²) in [7, 11) is 1.21. The first-order chi connectivity index (χ1) is 13.0. The van der Waals surface area contributed by atoms with Gasteiger partial charge in [0.1, 0.15) is 11.4 Å². The molecule has 0 bridgehead atoms. The number of rotatable bonds is 6. The van der Waals surface area contributed by atoms with E-state index in [4.69, 9.17) is 0 Å². The number of fused-ring (bicyclic) bond motifs is 3. The lowest BCUT2D eigenvalue weighted by Crippen LogP contribution is -2.39. The highest BCUT2D eigenvalue weighted by molar-refractivity contribution is 6.13. The number of urea groups is 1. The van der Waals surface area contributed by atoms with Gasteiger partial charge in [0.25, 0.3) is 5.91 Å². The van der Waals surface area contributed by atoms with Crippen LogP contribution in [0.15, 0.2) is 35.6 Å². The van der Waals surface area contributed by atoms with Crippen LogP contribution in [-0.4, -0.2) is 53.3 Å². The molecule has 2 heterocycles. The van der Waals surface area contributed by atoms with Crippen LogP contribution < -0.4 is 10.6 Å². The van der Waals surface area contributed by atoms with Crippen LogP contribution in [0.2, 0.25) is 0 Å². The molecule has 1 aromatic carbocycles. The van der Waals surface area contributed by atoms with Crippen LogP contribution in [-0.2, 0) is 0 Å². The molecule has 0 radical (unpaired) electrons. The molecule has 3 rings (SSSR count). The highest BCUT2D eigenvalue weighted by Gasteiger charge is 2.15. The average molecular weight is 368 g/mol. The van der Waals surface area contributed by atoms with E-state index in [9.17, 15) is 19.3 Å². The van der Waals surface area contributed by atoms with Crippen LogP contribution in [0.5, 0.6) is 0 Å². The van der Waals surface area contributed by atoms with Gasteiger partial charge < -0.3 is 15.6 Å². The van der Waals surface area contributed by atoms with Crippen LogP contribution in [0.3, 0.4) is 0 Å². The van der Waals surface area contributed by atoms with Gasteiger partial charge in [-0.1, -0.05) is 18.2 Å². The number of aromatic amines is 1. The Labute approximate surface area is 152 Å². The molecule has 0 saturated carbocycles. The number of aromatic nitrogens is 2. The minimum atomic E-state index is -0.680. The van der Waals surface area contributed by atoms with E-state index >= 15 is 0 Å². The molecule has 0 unspecified atom stereocenters. The number of carbonyl (C=O) groups excluding carboxylic acids is 3. The second-order valence-corrected chi connectivity index (χ2v) is 5.70. The zero-order valence-corrected chi connectivity index (χ0v) is 14.4. The average Bonchev–Trinajstić information content (AvgIpc) is 3.08. The van der Waals surface area contributed by atoms with Crippen molar-refractivity contribution in [2.75, 3.05) is 20.1 Å². The Morgan fingerprint density at radius 1 is 1.22 bits per heavy atom. The molecule has 0 spiro atoms. The number of amides is 3. The Balaban J connectivity index is 1.77. The monoisotopic (exact) mass is 368 g/mol. The number of H-pyrrole nitrogens is 1. The van der Waals surface area contributed by atoms with Gasteiger partial charge in [-0.15, -0.1) is 4.91 Å². The number of nitrogens with one attached hydrogen (secondary N) is 3. The first-order valence-electron chi connectivity index (χ1n) is 8.05. The van der Waals surface area contributed by atoms with Gasteiger partial charge in [-0.05, 0) is 12.1 Å². The summed E-state index contributed by atoms with van der Waals surface area (Å²) in [5, 5.41) is 9.67. The molecule has 0 atom stereocenters. The third-order valence-corrected chi connectivity index (χ3v) is 3.97. The molecule has 138 valence electrons. The number of para-hydroxylation sites is 1. The van der Waals surface area contributed by atoms with Gasteiger partial charge in [0.15, 0.2) is 6.29 Å². The molecule has 3 amide bonds. The number of hydrogen-bond acceptors (Lipinski definition) is 6. The first kappa shape index (κ1) is 18.0. The summed E-state index contributed by atoms with van der Waals surface area (Å²) < 4.78 is 0. The lowest BCUT2D eigenvalue weighted by molar-refractivity contribution is 0.0948. The Morgan fingerprint density at radius 2 is 1.96 bits per heavy atom. The number of benzene rings is 1. The Bertz CT molecular complexity index is 1040. The first-order valence-corrected chi connectivity index (χ1v) is 8.05. The predicted molar refractivity (Wildman–Crippen MR) is 98.3 cm³/mol. The maximum Gasteiger partial charge on any atom is 0.340 e. The van der Waals surface area contributed by atoms with E-state index in [2.05, 4.69) is 25.9 Å². The minimum Gasteiger partial charge on any atom is -0.353 e. The van der Waals surface area contributed by atoms with E-state index in [1.807, 2.05) is 24.3 Å². The van der Waals surface area contributed by atoms with E-state index in [0.29, 0.717) is 16.8 Å². The Hall–Kier alpha value is -3.82. The molecule has 10 nitrogen and oxygen atoms in total. The molecule has 10 heteroatoms. The van der Waals surface area contributed by atoms with Gasteiger partial charge in [0.05, 0.1) is 10.8 Å². The van der Waals surface area contributed by atoms with Crippen molar-refractivity contribution in [1.29, 1.82) is 0 Å². The molecule has 0 saturated heterocycles. The molecular weight excluding hydrogens is 352 g/mol. The third kappa shape index (κ3) is 3.59. The van der Waals surface area contributed by atoms with E-state index in [1.54, 1.807) is 6.07 Å². The van der Waals surface area contributed by atoms with E-state index in [-0.39, 0.29) is 24.5 Å². The Morgan fingerprint density at radius 3 is 2.70 bits per heavy atom. The third-order valence-electron chi connectivity index (χ3n) is 3.97. The zero-order chi connectivity index (χ0) is 19.4. The number of nitroso groups, excluding NO2 is 1. The van der Waals surface area contributed by atoms with Gasteiger partial charge >= 0.3 is 6.03 Å². The summed E-state index contributed by atoms with van der Waals surface area (Å²) in [4.78, 5) is 52.6. The van der Waals surface area contributed by atoms with Crippen molar-refractivity contribution >= 4 is 40.0 Å². The van der Waals surface area contributed by atoms with Crippen molar-refractivity contribution in [2.45, 2.75) is 0 Å². The lowest BCUT2D eigenvalue weighted by Gasteiger charge is -2.09. The van der Waals surface area contributed by atoms with Crippen molar-refractivity contribution in [3.05, 3.63) is 46.6 Å². The van der Waals surface area contributed by atoms with Gasteiger partial charge in [-0.2, -0.15) is 5.01 Å². The molecule has 3 aromatic rings. The van der Waals surface area contributed by atoms with Crippen molar-refractivity contribution in [1.82, 2.24) is 25.6 Å². The Kier molecular flexibility index (Phi) is 5.06. The van der Waals surface area contributed by atoms with Crippen molar-refractivity contribution in [2.24, 2.45) is 5.29 Å². The number of nitrogens with zero attached hydrogens (tertiary/aromatic N) is 3. The molecule has 27 heavy (non-hydrogen) atoms. The molecular formula is C17H16N6O4. The van der Waals surface area contributed by atoms with E-state index in [1.165, 1.54) is 7.05 Å². The number of aldehydes is 1. The zero-order valence-electron chi connectivity index (χ0n) is 14.4. The van der Waals surface area contributed by atoms with Crippen molar-refractivity contribution < 1.29 is 14.4 Å². The summed E-state index contributed by atoms with van der Waals surface area (Å²) in [5.41, 5.74) is 1.64. The summed E-state index contributed by atoms with van der Waals surface area (Å²) in [6.45, 7) is 0.210. The SMILES string of the molecule is CN(N=O)C(=O)NCCNC(=O)c1cc2c([nH]c3ccccc32)c(C=O)n1. The van der Waals surface area contributed by atoms with Crippen molar-refractivity contribution in [3.63, 3.8) is 0 Å². The quantitative estimate of drug-likeness (QED) is 0.263. The van der Waals surface area contributed by atoms with Crippen LogP contribution in [0.1, 0.15) is 21.0 Å². The smallest absolute Gasteiger partial charge is 0.340 e. The fourth-order valence-corrected chi connectivity index (χ4v) is 2.66. The highest BCUT2D eigenvalue weighted by atomic mass is 16.3. The fourth-order valence-electron chi connectivity index (χ4n) is 2.66. The molecule has 0 fully saturated rings. The molecule has 0 aliphatic heterocycles. The summed E-state index contributed by atoms with van der Waals surface area (Å²) in [6, 6.07) is 8.42. The molecule has 0 aliphatic rings. The van der Waals surface area contributed by atoms with Gasteiger partial charge in [-0.25, -0.2) is 9.78 Å². The predicted octanol–water partition coefficient (Wildman–Crippen LogP) is 1.58. The molecule has 0 aliphatic carbocycles. The van der Waals surface area contributed by atoms with E-state index < -0.39 is 11.9 Å². The minimum absolute atomic E-state index is 0.0901. The van der Waals surface area contributed by atoms with Crippen molar-refractivity contribution in [3.8, 4) is 0 Å². The second-order valence-electron chi connectivity index (χ2n) is 5.70.